The molecule has 0 aliphatic rings. The first-order valence-corrected chi connectivity index (χ1v) is 7.64. The molecule has 0 fully saturated rings. The summed E-state index contributed by atoms with van der Waals surface area (Å²) in [5.41, 5.74) is 2.63. The Morgan fingerprint density at radius 1 is 1.22 bits per heavy atom. The van der Waals surface area contributed by atoms with E-state index in [1.54, 1.807) is 0 Å². The molecule has 0 bridgehead atoms. The fraction of sp³-hybridized carbons (Fsp3) is 0.600. The van der Waals surface area contributed by atoms with Crippen molar-refractivity contribution in [2.75, 3.05) is 26.2 Å². The molecule has 1 aromatic carbocycles. The van der Waals surface area contributed by atoms with Crippen LogP contribution < -0.4 is 5.32 Å². The minimum Gasteiger partial charge on any atom is -0.313 e. The van der Waals surface area contributed by atoms with Crippen molar-refractivity contribution in [3.05, 3.63) is 33.8 Å². The lowest BCUT2D eigenvalue weighted by Gasteiger charge is -2.17. The maximum atomic E-state index is 3.57. The van der Waals surface area contributed by atoms with E-state index in [0.717, 1.165) is 26.2 Å². The summed E-state index contributed by atoms with van der Waals surface area (Å²) in [6.07, 6.45) is 1.22. The van der Waals surface area contributed by atoms with Gasteiger partial charge in [0.15, 0.2) is 0 Å². The lowest BCUT2D eigenvalue weighted by Crippen LogP contribution is -2.27. The third kappa shape index (κ3) is 5.51. The zero-order valence-electron chi connectivity index (χ0n) is 11.8. The van der Waals surface area contributed by atoms with Gasteiger partial charge in [0.1, 0.15) is 0 Å². The van der Waals surface area contributed by atoms with Crippen LogP contribution in [0, 0.1) is 6.92 Å². The van der Waals surface area contributed by atoms with E-state index >= 15 is 0 Å². The van der Waals surface area contributed by atoms with Crippen LogP contribution in [-0.4, -0.2) is 31.1 Å². The highest BCUT2D eigenvalue weighted by Gasteiger charge is 1.99. The summed E-state index contributed by atoms with van der Waals surface area (Å²) >= 11 is 3.57. The van der Waals surface area contributed by atoms with Gasteiger partial charge in [0.25, 0.3) is 0 Å². The van der Waals surface area contributed by atoms with Gasteiger partial charge >= 0.3 is 0 Å². The number of hydrogen-bond donors (Lipinski definition) is 1. The van der Waals surface area contributed by atoms with E-state index < -0.39 is 0 Å². The molecule has 2 nitrogen and oxygen atoms in total. The largest absolute Gasteiger partial charge is 0.313 e. The van der Waals surface area contributed by atoms with Crippen molar-refractivity contribution < 1.29 is 0 Å². The molecule has 0 unspecified atom stereocenters. The van der Waals surface area contributed by atoms with Crippen LogP contribution >= 0.6 is 15.9 Å². The molecule has 0 aromatic heterocycles. The van der Waals surface area contributed by atoms with Crippen LogP contribution in [0.2, 0.25) is 0 Å². The summed E-state index contributed by atoms with van der Waals surface area (Å²) in [7, 11) is 0. The van der Waals surface area contributed by atoms with Crippen molar-refractivity contribution in [1.82, 2.24) is 10.2 Å². The number of rotatable bonds is 8. The maximum absolute atomic E-state index is 3.57. The fourth-order valence-electron chi connectivity index (χ4n) is 1.95. The molecule has 18 heavy (non-hydrogen) atoms. The molecule has 3 heteroatoms. The predicted octanol–water partition coefficient (Wildman–Crippen LogP) is 3.58. The second-order valence-corrected chi connectivity index (χ2v) is 5.50. The topological polar surface area (TPSA) is 15.3 Å². The summed E-state index contributed by atoms with van der Waals surface area (Å²) in [5, 5.41) is 3.50. The quantitative estimate of drug-likeness (QED) is 0.738. The molecule has 0 spiro atoms. The van der Waals surface area contributed by atoms with E-state index in [2.05, 4.69) is 65.1 Å². The lowest BCUT2D eigenvalue weighted by atomic mass is 10.1. The zero-order valence-corrected chi connectivity index (χ0v) is 13.4. The van der Waals surface area contributed by atoms with Crippen LogP contribution in [0.4, 0.5) is 0 Å². The van der Waals surface area contributed by atoms with E-state index in [4.69, 9.17) is 0 Å². The van der Waals surface area contributed by atoms with Gasteiger partial charge in [-0.15, -0.1) is 0 Å². The highest BCUT2D eigenvalue weighted by atomic mass is 79.9. The average molecular weight is 313 g/mol. The third-order valence-electron chi connectivity index (χ3n) is 3.29. The monoisotopic (exact) mass is 312 g/mol. The predicted molar refractivity (Wildman–Crippen MR) is 83.0 cm³/mol. The number of halogens is 1. The van der Waals surface area contributed by atoms with Crippen molar-refractivity contribution in [2.45, 2.75) is 33.7 Å². The molecule has 0 atom stereocenters. The Labute approximate surface area is 120 Å². The van der Waals surface area contributed by atoms with Gasteiger partial charge in [-0.05, 0) is 56.7 Å². The van der Waals surface area contributed by atoms with Gasteiger partial charge in [-0.1, -0.05) is 41.9 Å². The second-order valence-electron chi connectivity index (χ2n) is 4.64. The van der Waals surface area contributed by atoms with E-state index in [-0.39, 0.29) is 0 Å². The Morgan fingerprint density at radius 3 is 2.56 bits per heavy atom. The van der Waals surface area contributed by atoms with Crippen LogP contribution in [0.3, 0.4) is 0 Å². The molecule has 1 aromatic rings. The van der Waals surface area contributed by atoms with E-state index in [9.17, 15) is 0 Å². The minimum atomic E-state index is 0.955. The molecule has 1 rings (SSSR count). The van der Waals surface area contributed by atoms with Gasteiger partial charge in [-0.2, -0.15) is 0 Å². The normalized spacial score (nSPS) is 11.2. The highest BCUT2D eigenvalue weighted by molar-refractivity contribution is 9.10. The van der Waals surface area contributed by atoms with Gasteiger partial charge in [-0.25, -0.2) is 0 Å². The summed E-state index contributed by atoms with van der Waals surface area (Å²) in [6.45, 7) is 12.1. The molecule has 0 saturated heterocycles. The maximum Gasteiger partial charge on any atom is 0.0207 e. The van der Waals surface area contributed by atoms with Gasteiger partial charge in [0.2, 0.25) is 0 Å². The van der Waals surface area contributed by atoms with Crippen molar-refractivity contribution in [1.29, 1.82) is 0 Å². The molecule has 0 radical (unpaired) electrons. The number of benzene rings is 1. The number of aryl methyl sites for hydroxylation is 1. The SMILES string of the molecule is CCN(CC)CCCNCc1ccc(C)c(Br)c1. The molecule has 1 N–H and O–H groups in total. The molecular formula is C15H25BrN2. The lowest BCUT2D eigenvalue weighted by molar-refractivity contribution is 0.298. The molecular weight excluding hydrogens is 288 g/mol. The Kier molecular flexibility index (Phi) is 7.56. The third-order valence-corrected chi connectivity index (χ3v) is 4.14. The molecule has 0 aliphatic carbocycles. The summed E-state index contributed by atoms with van der Waals surface area (Å²) in [6, 6.07) is 6.56. The van der Waals surface area contributed by atoms with E-state index in [1.165, 1.54) is 28.6 Å². The van der Waals surface area contributed by atoms with Crippen LogP contribution in [0.25, 0.3) is 0 Å². The average Bonchev–Trinajstić information content (AvgIpc) is 2.38. The van der Waals surface area contributed by atoms with Gasteiger partial charge in [0.05, 0.1) is 0 Å². The van der Waals surface area contributed by atoms with Crippen molar-refractivity contribution in [3.63, 3.8) is 0 Å². The molecule has 0 heterocycles. The highest BCUT2D eigenvalue weighted by Crippen LogP contribution is 2.17. The first-order chi connectivity index (χ1) is 8.67. The van der Waals surface area contributed by atoms with Crippen molar-refractivity contribution >= 4 is 15.9 Å². The number of nitrogens with zero attached hydrogens (tertiary/aromatic N) is 1. The summed E-state index contributed by atoms with van der Waals surface area (Å²) in [4.78, 5) is 2.46. The molecule has 0 saturated carbocycles. The van der Waals surface area contributed by atoms with E-state index in [1.807, 2.05) is 0 Å². The molecule has 102 valence electrons. The summed E-state index contributed by atoms with van der Waals surface area (Å²) < 4.78 is 1.20. The standard InChI is InChI=1S/C15H25BrN2/c1-4-18(5-2)10-6-9-17-12-14-8-7-13(3)15(16)11-14/h7-8,11,17H,4-6,9-10,12H2,1-3H3. The van der Waals surface area contributed by atoms with Crippen molar-refractivity contribution in [2.24, 2.45) is 0 Å². The Morgan fingerprint density at radius 2 is 1.94 bits per heavy atom. The second kappa shape index (κ2) is 8.68. The van der Waals surface area contributed by atoms with Gasteiger partial charge in [-0.3, -0.25) is 0 Å². The first kappa shape index (κ1) is 15.7. The Balaban J connectivity index is 2.19. The van der Waals surface area contributed by atoms with E-state index in [0.29, 0.717) is 0 Å². The van der Waals surface area contributed by atoms with Crippen molar-refractivity contribution in [3.8, 4) is 0 Å². The smallest absolute Gasteiger partial charge is 0.0207 e. The summed E-state index contributed by atoms with van der Waals surface area (Å²) in [5.74, 6) is 0. The number of nitrogens with one attached hydrogen (secondary N) is 1. The zero-order chi connectivity index (χ0) is 13.4. The number of hydrogen-bond acceptors (Lipinski definition) is 2. The van der Waals surface area contributed by atoms with Crippen LogP contribution in [0.1, 0.15) is 31.4 Å². The van der Waals surface area contributed by atoms with Crippen LogP contribution in [0.15, 0.2) is 22.7 Å². The van der Waals surface area contributed by atoms with Gasteiger partial charge < -0.3 is 10.2 Å². The fourth-order valence-corrected chi connectivity index (χ4v) is 2.37. The molecule has 0 aliphatic heterocycles. The van der Waals surface area contributed by atoms with Crippen LogP contribution in [-0.2, 0) is 6.54 Å². The Hall–Kier alpha value is -0.380. The first-order valence-electron chi connectivity index (χ1n) is 6.85. The minimum absolute atomic E-state index is 0.955. The molecule has 0 amide bonds. The van der Waals surface area contributed by atoms with Gasteiger partial charge in [0, 0.05) is 11.0 Å². The Bertz CT molecular complexity index is 348. The van der Waals surface area contributed by atoms with Crippen LogP contribution in [0.5, 0.6) is 0 Å².